The third-order valence-electron chi connectivity index (χ3n) is 3.18. The molecule has 1 N–H and O–H groups in total. The Labute approximate surface area is 114 Å². The summed E-state index contributed by atoms with van der Waals surface area (Å²) in [5.41, 5.74) is 4.60. The van der Waals surface area contributed by atoms with E-state index in [1.54, 1.807) is 0 Å². The molecule has 0 heterocycles. The lowest BCUT2D eigenvalue weighted by molar-refractivity contribution is -0.120. The van der Waals surface area contributed by atoms with Crippen molar-refractivity contribution in [2.45, 2.75) is 26.8 Å². The van der Waals surface area contributed by atoms with Gasteiger partial charge >= 0.3 is 0 Å². The van der Waals surface area contributed by atoms with Crippen molar-refractivity contribution < 1.29 is 4.79 Å². The minimum atomic E-state index is 0.0656. The Morgan fingerprint density at radius 3 is 2.58 bits per heavy atom. The molecule has 1 amide bonds. The molecule has 0 atom stereocenters. The molecule has 0 aliphatic rings. The van der Waals surface area contributed by atoms with Gasteiger partial charge in [0.25, 0.3) is 0 Å². The third kappa shape index (κ3) is 3.95. The van der Waals surface area contributed by atoms with Crippen molar-refractivity contribution in [2.24, 2.45) is 0 Å². The molecule has 0 radical (unpaired) electrons. The van der Waals surface area contributed by atoms with Crippen molar-refractivity contribution in [3.8, 4) is 0 Å². The fraction of sp³-hybridized carbons (Fsp3) is 0.235. The highest BCUT2D eigenvalue weighted by Crippen LogP contribution is 2.08. The maximum Gasteiger partial charge on any atom is 0.224 e. The van der Waals surface area contributed by atoms with E-state index in [0.29, 0.717) is 13.0 Å². The van der Waals surface area contributed by atoms with Crippen LogP contribution in [0.1, 0.15) is 22.3 Å². The lowest BCUT2D eigenvalue weighted by Gasteiger charge is -2.08. The summed E-state index contributed by atoms with van der Waals surface area (Å²) in [5.74, 6) is 0.0656. The van der Waals surface area contributed by atoms with Crippen molar-refractivity contribution in [1.29, 1.82) is 0 Å². The lowest BCUT2D eigenvalue weighted by Crippen LogP contribution is -2.24. The van der Waals surface area contributed by atoms with Crippen molar-refractivity contribution in [2.75, 3.05) is 0 Å². The first-order chi connectivity index (χ1) is 9.15. The summed E-state index contributed by atoms with van der Waals surface area (Å²) in [6.45, 7) is 4.67. The number of hydrogen-bond donors (Lipinski definition) is 1. The van der Waals surface area contributed by atoms with Gasteiger partial charge in [-0.1, -0.05) is 54.1 Å². The standard InChI is InChI=1S/C17H19NO/c1-13-6-5-8-15(10-13)12-18-17(19)11-16-9-4-3-7-14(16)2/h3-10H,11-12H2,1-2H3,(H,18,19). The molecule has 0 bridgehead atoms. The molecule has 2 aromatic rings. The minimum absolute atomic E-state index is 0.0656. The fourth-order valence-corrected chi connectivity index (χ4v) is 2.07. The van der Waals surface area contributed by atoms with Crippen molar-refractivity contribution >= 4 is 5.91 Å². The van der Waals surface area contributed by atoms with Crippen LogP contribution in [0, 0.1) is 13.8 Å². The number of aryl methyl sites for hydroxylation is 2. The molecular formula is C17H19NO. The summed E-state index contributed by atoms with van der Waals surface area (Å²) in [4.78, 5) is 11.9. The van der Waals surface area contributed by atoms with Crippen LogP contribution < -0.4 is 5.32 Å². The molecule has 2 heteroatoms. The zero-order valence-corrected chi connectivity index (χ0v) is 11.4. The number of carbonyl (C=O) groups is 1. The van der Waals surface area contributed by atoms with Gasteiger partial charge in [0.05, 0.1) is 6.42 Å². The Morgan fingerprint density at radius 2 is 1.84 bits per heavy atom. The fourth-order valence-electron chi connectivity index (χ4n) is 2.07. The first-order valence-electron chi connectivity index (χ1n) is 6.52. The van der Waals surface area contributed by atoms with E-state index in [0.717, 1.165) is 16.7 Å². The SMILES string of the molecule is Cc1cccc(CNC(=O)Cc2ccccc2C)c1. The van der Waals surface area contributed by atoms with Crippen molar-refractivity contribution in [3.63, 3.8) is 0 Å². The van der Waals surface area contributed by atoms with E-state index >= 15 is 0 Å². The molecule has 2 nitrogen and oxygen atoms in total. The van der Waals surface area contributed by atoms with Crippen LogP contribution >= 0.6 is 0 Å². The van der Waals surface area contributed by atoms with Gasteiger partial charge in [-0.05, 0) is 30.5 Å². The van der Waals surface area contributed by atoms with Crippen LogP contribution in [-0.2, 0) is 17.8 Å². The smallest absolute Gasteiger partial charge is 0.224 e. The number of nitrogens with one attached hydrogen (secondary N) is 1. The molecule has 0 aliphatic heterocycles. The van der Waals surface area contributed by atoms with Gasteiger partial charge in [-0.15, -0.1) is 0 Å². The second kappa shape index (κ2) is 6.19. The van der Waals surface area contributed by atoms with Gasteiger partial charge in [0.1, 0.15) is 0 Å². The van der Waals surface area contributed by atoms with Gasteiger partial charge in [0, 0.05) is 6.54 Å². The number of hydrogen-bond acceptors (Lipinski definition) is 1. The predicted octanol–water partition coefficient (Wildman–Crippen LogP) is 3.16. The van der Waals surface area contributed by atoms with Crippen LogP contribution in [0.15, 0.2) is 48.5 Å². The molecule has 0 saturated carbocycles. The second-order valence-electron chi connectivity index (χ2n) is 4.87. The van der Waals surface area contributed by atoms with Crippen LogP contribution in [-0.4, -0.2) is 5.91 Å². The van der Waals surface area contributed by atoms with E-state index in [4.69, 9.17) is 0 Å². The largest absolute Gasteiger partial charge is 0.352 e. The normalized spacial score (nSPS) is 10.2. The molecule has 19 heavy (non-hydrogen) atoms. The monoisotopic (exact) mass is 253 g/mol. The summed E-state index contributed by atoms with van der Waals surface area (Å²) in [6.07, 6.45) is 0.443. The maximum atomic E-state index is 11.9. The van der Waals surface area contributed by atoms with Crippen LogP contribution in [0.3, 0.4) is 0 Å². The predicted molar refractivity (Wildman–Crippen MR) is 77.9 cm³/mol. The summed E-state index contributed by atoms with van der Waals surface area (Å²) < 4.78 is 0. The van der Waals surface area contributed by atoms with Crippen molar-refractivity contribution in [1.82, 2.24) is 5.32 Å². The highest BCUT2D eigenvalue weighted by atomic mass is 16.1. The molecule has 2 aromatic carbocycles. The van der Waals surface area contributed by atoms with Crippen LogP contribution in [0.5, 0.6) is 0 Å². The van der Waals surface area contributed by atoms with Crippen LogP contribution in [0.2, 0.25) is 0 Å². The zero-order chi connectivity index (χ0) is 13.7. The van der Waals surface area contributed by atoms with Crippen LogP contribution in [0.25, 0.3) is 0 Å². The van der Waals surface area contributed by atoms with E-state index < -0.39 is 0 Å². The molecule has 0 saturated heterocycles. The molecule has 0 aliphatic carbocycles. The molecule has 98 valence electrons. The Hall–Kier alpha value is -2.09. The topological polar surface area (TPSA) is 29.1 Å². The number of carbonyl (C=O) groups excluding carboxylic acids is 1. The number of amides is 1. The third-order valence-corrected chi connectivity index (χ3v) is 3.18. The molecule has 0 spiro atoms. The van der Waals surface area contributed by atoms with Gasteiger partial charge < -0.3 is 5.32 Å². The van der Waals surface area contributed by atoms with Gasteiger partial charge in [-0.3, -0.25) is 4.79 Å². The average molecular weight is 253 g/mol. The van der Waals surface area contributed by atoms with Gasteiger partial charge in [0.15, 0.2) is 0 Å². The number of benzene rings is 2. The first-order valence-corrected chi connectivity index (χ1v) is 6.52. The van der Waals surface area contributed by atoms with Gasteiger partial charge in [-0.2, -0.15) is 0 Å². The van der Waals surface area contributed by atoms with E-state index in [1.165, 1.54) is 5.56 Å². The highest BCUT2D eigenvalue weighted by Gasteiger charge is 2.05. The zero-order valence-electron chi connectivity index (χ0n) is 11.4. The Kier molecular flexibility index (Phi) is 4.35. The number of rotatable bonds is 4. The Bertz CT molecular complexity index is 575. The first kappa shape index (κ1) is 13.3. The summed E-state index contributed by atoms with van der Waals surface area (Å²) in [7, 11) is 0. The molecule has 0 fully saturated rings. The van der Waals surface area contributed by atoms with E-state index in [-0.39, 0.29) is 5.91 Å². The minimum Gasteiger partial charge on any atom is -0.352 e. The van der Waals surface area contributed by atoms with E-state index in [2.05, 4.69) is 24.4 Å². The van der Waals surface area contributed by atoms with Gasteiger partial charge in [0.2, 0.25) is 5.91 Å². The second-order valence-corrected chi connectivity index (χ2v) is 4.87. The molecular weight excluding hydrogens is 234 g/mol. The van der Waals surface area contributed by atoms with Gasteiger partial charge in [-0.25, -0.2) is 0 Å². The lowest BCUT2D eigenvalue weighted by atomic mass is 10.1. The summed E-state index contributed by atoms with van der Waals surface area (Å²) in [5, 5.41) is 2.96. The van der Waals surface area contributed by atoms with E-state index in [9.17, 15) is 4.79 Å². The van der Waals surface area contributed by atoms with Crippen LogP contribution in [0.4, 0.5) is 0 Å². The summed E-state index contributed by atoms with van der Waals surface area (Å²) >= 11 is 0. The average Bonchev–Trinajstić information content (AvgIpc) is 2.39. The highest BCUT2D eigenvalue weighted by molar-refractivity contribution is 5.78. The Balaban J connectivity index is 1.90. The molecule has 0 unspecified atom stereocenters. The Morgan fingerprint density at radius 1 is 1.05 bits per heavy atom. The maximum absolute atomic E-state index is 11.9. The van der Waals surface area contributed by atoms with Crippen molar-refractivity contribution in [3.05, 3.63) is 70.8 Å². The quantitative estimate of drug-likeness (QED) is 0.891. The molecule has 2 rings (SSSR count). The molecule has 0 aromatic heterocycles. The van der Waals surface area contributed by atoms with E-state index in [1.807, 2.05) is 43.3 Å². The summed E-state index contributed by atoms with van der Waals surface area (Å²) in [6, 6.07) is 16.2.